The molecule has 0 aliphatic carbocycles. The topological polar surface area (TPSA) is 58.6 Å². The predicted octanol–water partition coefficient (Wildman–Crippen LogP) is 2.27. The lowest BCUT2D eigenvalue weighted by molar-refractivity contribution is -0.136. The van der Waals surface area contributed by atoms with Gasteiger partial charge >= 0.3 is 0 Å². The van der Waals surface area contributed by atoms with Crippen LogP contribution in [0.25, 0.3) is 0 Å². The van der Waals surface area contributed by atoms with Crippen LogP contribution in [0.5, 0.6) is 0 Å². The Morgan fingerprint density at radius 2 is 1.95 bits per heavy atom. The van der Waals surface area contributed by atoms with Crippen LogP contribution in [0.2, 0.25) is 0 Å². The predicted molar refractivity (Wildman–Crippen MR) is 85.8 cm³/mol. The number of aryl methyl sites for hydroxylation is 2. The zero-order valence-corrected chi connectivity index (χ0v) is 13.5. The third-order valence-electron chi connectivity index (χ3n) is 3.87. The van der Waals surface area contributed by atoms with Crippen LogP contribution in [0, 0.1) is 13.8 Å². The van der Waals surface area contributed by atoms with Crippen molar-refractivity contribution in [1.29, 1.82) is 0 Å². The van der Waals surface area contributed by atoms with Crippen LogP contribution in [-0.4, -0.2) is 43.0 Å². The number of ether oxygens (including phenoxy) is 1. The first-order valence-corrected chi connectivity index (χ1v) is 7.66. The number of hydrogen-bond donors (Lipinski definition) is 1. The molecule has 1 atom stereocenters. The number of carbonyl (C=O) groups is 2. The minimum absolute atomic E-state index is 0.103. The van der Waals surface area contributed by atoms with E-state index in [-0.39, 0.29) is 24.3 Å². The van der Waals surface area contributed by atoms with E-state index in [2.05, 4.69) is 5.32 Å². The van der Waals surface area contributed by atoms with E-state index >= 15 is 0 Å². The molecule has 1 saturated heterocycles. The highest BCUT2D eigenvalue weighted by molar-refractivity contribution is 6.03. The molecule has 0 spiro atoms. The van der Waals surface area contributed by atoms with Gasteiger partial charge in [0, 0.05) is 19.3 Å². The molecule has 1 fully saturated rings. The number of benzene rings is 1. The lowest BCUT2D eigenvalue weighted by Gasteiger charge is -2.23. The van der Waals surface area contributed by atoms with Gasteiger partial charge in [0.15, 0.2) is 0 Å². The van der Waals surface area contributed by atoms with Crippen molar-refractivity contribution in [2.45, 2.75) is 39.2 Å². The normalized spacial score (nSPS) is 17.6. The largest absolute Gasteiger partial charge is 0.383 e. The van der Waals surface area contributed by atoms with E-state index in [1.165, 1.54) is 0 Å². The molecule has 5 nitrogen and oxygen atoms in total. The van der Waals surface area contributed by atoms with Crippen molar-refractivity contribution in [2.75, 3.05) is 25.6 Å². The van der Waals surface area contributed by atoms with Crippen LogP contribution < -0.4 is 5.32 Å². The molecule has 0 unspecified atom stereocenters. The third kappa shape index (κ3) is 4.31. The van der Waals surface area contributed by atoms with Crippen molar-refractivity contribution in [1.82, 2.24) is 4.90 Å². The fourth-order valence-corrected chi connectivity index (χ4v) is 3.02. The van der Waals surface area contributed by atoms with E-state index in [0.717, 1.165) is 29.7 Å². The maximum Gasteiger partial charge on any atom is 0.233 e. The van der Waals surface area contributed by atoms with Gasteiger partial charge in [-0.1, -0.05) is 6.07 Å². The Hall–Kier alpha value is -1.88. The lowest BCUT2D eigenvalue weighted by Crippen LogP contribution is -2.39. The summed E-state index contributed by atoms with van der Waals surface area (Å²) in [5.41, 5.74) is 2.91. The first kappa shape index (κ1) is 16.5. The Bertz CT molecular complexity index is 537. The molecule has 1 heterocycles. The second-order valence-corrected chi connectivity index (χ2v) is 5.94. The highest BCUT2D eigenvalue weighted by Crippen LogP contribution is 2.19. The highest BCUT2D eigenvalue weighted by atomic mass is 16.5. The Labute approximate surface area is 131 Å². The van der Waals surface area contributed by atoms with E-state index in [1.54, 1.807) is 12.0 Å². The molecular weight excluding hydrogens is 280 g/mol. The van der Waals surface area contributed by atoms with Crippen molar-refractivity contribution in [3.63, 3.8) is 0 Å². The molecule has 2 amide bonds. The van der Waals surface area contributed by atoms with Crippen LogP contribution >= 0.6 is 0 Å². The maximum atomic E-state index is 12.3. The summed E-state index contributed by atoms with van der Waals surface area (Å²) in [5, 5.41) is 2.81. The van der Waals surface area contributed by atoms with Crippen molar-refractivity contribution >= 4 is 17.5 Å². The smallest absolute Gasteiger partial charge is 0.233 e. The maximum absolute atomic E-state index is 12.3. The van der Waals surface area contributed by atoms with Gasteiger partial charge in [-0.05, 0) is 49.9 Å². The third-order valence-corrected chi connectivity index (χ3v) is 3.87. The van der Waals surface area contributed by atoms with E-state index in [1.807, 2.05) is 32.0 Å². The number of rotatable bonds is 5. The minimum Gasteiger partial charge on any atom is -0.383 e. The lowest BCUT2D eigenvalue weighted by atomic mass is 10.1. The number of likely N-dealkylation sites (tertiary alicyclic amines) is 1. The summed E-state index contributed by atoms with van der Waals surface area (Å²) in [4.78, 5) is 26.1. The van der Waals surface area contributed by atoms with Crippen LogP contribution in [-0.2, 0) is 14.3 Å². The fourth-order valence-electron chi connectivity index (χ4n) is 3.02. The first-order chi connectivity index (χ1) is 10.5. The summed E-state index contributed by atoms with van der Waals surface area (Å²) < 4.78 is 5.14. The Morgan fingerprint density at radius 3 is 2.59 bits per heavy atom. The number of amides is 2. The second kappa shape index (κ2) is 7.40. The van der Waals surface area contributed by atoms with Crippen LogP contribution in [0.3, 0.4) is 0 Å². The number of nitrogens with one attached hydrogen (secondary N) is 1. The van der Waals surface area contributed by atoms with Gasteiger partial charge in [0.25, 0.3) is 0 Å². The van der Waals surface area contributed by atoms with Gasteiger partial charge in [-0.3, -0.25) is 9.59 Å². The van der Waals surface area contributed by atoms with E-state index in [4.69, 9.17) is 4.74 Å². The van der Waals surface area contributed by atoms with Gasteiger partial charge in [-0.15, -0.1) is 0 Å². The summed E-state index contributed by atoms with van der Waals surface area (Å²) in [7, 11) is 1.63. The van der Waals surface area contributed by atoms with E-state index in [0.29, 0.717) is 13.2 Å². The zero-order chi connectivity index (χ0) is 16.1. The Kier molecular flexibility index (Phi) is 5.55. The highest BCUT2D eigenvalue weighted by Gasteiger charge is 2.29. The van der Waals surface area contributed by atoms with Gasteiger partial charge < -0.3 is 15.0 Å². The van der Waals surface area contributed by atoms with E-state index in [9.17, 15) is 9.59 Å². The van der Waals surface area contributed by atoms with Gasteiger partial charge in [-0.2, -0.15) is 0 Å². The summed E-state index contributed by atoms with van der Waals surface area (Å²) >= 11 is 0. The van der Waals surface area contributed by atoms with Crippen molar-refractivity contribution < 1.29 is 14.3 Å². The number of anilines is 1. The number of hydrogen-bond acceptors (Lipinski definition) is 3. The average Bonchev–Trinajstić information content (AvgIpc) is 2.85. The van der Waals surface area contributed by atoms with Crippen LogP contribution in [0.4, 0.5) is 5.69 Å². The molecular formula is C17H24N2O3. The van der Waals surface area contributed by atoms with Crippen LogP contribution in [0.1, 0.15) is 30.4 Å². The molecule has 0 saturated carbocycles. The Morgan fingerprint density at radius 1 is 1.27 bits per heavy atom. The molecule has 0 aromatic heterocycles. The standard InChI is InChI=1S/C17H24N2O3/c1-12-7-13(2)9-14(8-12)18-16(20)10-17(21)19-6-4-5-15(19)11-22-3/h7-9,15H,4-6,10-11H2,1-3H3,(H,18,20)/t15-/m1/s1. The molecule has 1 aromatic carbocycles. The molecule has 1 aliphatic rings. The molecule has 22 heavy (non-hydrogen) atoms. The second-order valence-electron chi connectivity index (χ2n) is 5.94. The summed E-state index contributed by atoms with van der Waals surface area (Å²) in [6.07, 6.45) is 1.80. The van der Waals surface area contributed by atoms with Gasteiger partial charge in [-0.25, -0.2) is 0 Å². The quantitative estimate of drug-likeness (QED) is 0.849. The summed E-state index contributed by atoms with van der Waals surface area (Å²) in [6.45, 7) is 5.20. The minimum atomic E-state index is -0.266. The fraction of sp³-hybridized carbons (Fsp3) is 0.529. The van der Waals surface area contributed by atoms with Crippen molar-refractivity contribution in [3.05, 3.63) is 29.3 Å². The summed E-state index contributed by atoms with van der Waals surface area (Å²) in [5.74, 6) is -0.389. The van der Waals surface area contributed by atoms with Crippen molar-refractivity contribution in [3.8, 4) is 0 Å². The average molecular weight is 304 g/mol. The molecule has 5 heteroatoms. The van der Waals surface area contributed by atoms with Gasteiger partial charge in [0.1, 0.15) is 6.42 Å². The first-order valence-electron chi connectivity index (χ1n) is 7.66. The number of methoxy groups -OCH3 is 1. The molecule has 1 aliphatic heterocycles. The van der Waals surface area contributed by atoms with Crippen molar-refractivity contribution in [2.24, 2.45) is 0 Å². The molecule has 0 bridgehead atoms. The molecule has 0 radical (unpaired) electrons. The molecule has 1 aromatic rings. The van der Waals surface area contributed by atoms with Gasteiger partial charge in [0.05, 0.1) is 12.6 Å². The molecule has 2 rings (SSSR count). The molecule has 120 valence electrons. The van der Waals surface area contributed by atoms with Gasteiger partial charge in [0.2, 0.25) is 11.8 Å². The summed E-state index contributed by atoms with van der Waals surface area (Å²) in [6, 6.07) is 5.95. The Balaban J connectivity index is 1.92. The van der Waals surface area contributed by atoms with Crippen LogP contribution in [0.15, 0.2) is 18.2 Å². The number of nitrogens with zero attached hydrogens (tertiary/aromatic N) is 1. The molecule has 1 N–H and O–H groups in total. The number of carbonyl (C=O) groups excluding carboxylic acids is 2. The van der Waals surface area contributed by atoms with E-state index < -0.39 is 0 Å². The zero-order valence-electron chi connectivity index (χ0n) is 13.5. The SMILES string of the molecule is COC[C@H]1CCCN1C(=O)CC(=O)Nc1cc(C)cc(C)c1. The monoisotopic (exact) mass is 304 g/mol.